The molecule has 0 radical (unpaired) electrons. The van der Waals surface area contributed by atoms with Crippen LogP contribution in [0.15, 0.2) is 18.2 Å². The minimum absolute atomic E-state index is 0.166. The van der Waals surface area contributed by atoms with Crippen molar-refractivity contribution in [2.75, 3.05) is 0 Å². The molecule has 1 fully saturated rings. The summed E-state index contributed by atoms with van der Waals surface area (Å²) in [6.07, 6.45) is 0.257. The fourth-order valence-corrected chi connectivity index (χ4v) is 2.17. The van der Waals surface area contributed by atoms with Gasteiger partial charge in [0.1, 0.15) is 0 Å². The number of hydrogen-bond donors (Lipinski definition) is 0. The van der Waals surface area contributed by atoms with Gasteiger partial charge in [-0.2, -0.15) is 5.26 Å². The number of carbonyl (C=O) groups excluding carboxylic acids is 2. The van der Waals surface area contributed by atoms with Crippen molar-refractivity contribution in [3.63, 3.8) is 0 Å². The van der Waals surface area contributed by atoms with Crippen molar-refractivity contribution in [2.24, 2.45) is 5.92 Å². The highest BCUT2D eigenvalue weighted by Gasteiger charge is 2.35. The molecule has 1 atom stereocenters. The summed E-state index contributed by atoms with van der Waals surface area (Å²) in [5, 5.41) is 9.13. The minimum Gasteiger partial charge on any atom is -0.278 e. The van der Waals surface area contributed by atoms with Crippen LogP contribution in [0.5, 0.6) is 0 Å². The molecule has 0 N–H and O–H groups in total. The molecule has 4 nitrogen and oxygen atoms in total. The SMILES string of the molecule is CC1CC(=O)N(Cc2ccc(C#N)cc2Cl)C1=O. The predicted octanol–water partition coefficient (Wildman–Crippen LogP) is 2.11. The third-order valence-electron chi connectivity index (χ3n) is 2.98. The molecule has 1 aliphatic heterocycles. The molecule has 1 saturated heterocycles. The third kappa shape index (κ3) is 2.22. The summed E-state index contributed by atoms with van der Waals surface area (Å²) in [6, 6.07) is 6.81. The normalized spacial score (nSPS) is 19.2. The Bertz CT molecular complexity index is 563. The van der Waals surface area contributed by atoms with Crippen LogP contribution < -0.4 is 0 Å². The number of nitriles is 1. The highest BCUT2D eigenvalue weighted by molar-refractivity contribution is 6.31. The van der Waals surface area contributed by atoms with Gasteiger partial charge in [0.15, 0.2) is 0 Å². The maximum Gasteiger partial charge on any atom is 0.232 e. The summed E-state index contributed by atoms with van der Waals surface area (Å²) in [6.45, 7) is 1.91. The zero-order valence-electron chi connectivity index (χ0n) is 9.81. The summed E-state index contributed by atoms with van der Waals surface area (Å²) >= 11 is 6.02. The standard InChI is InChI=1S/C13H11ClN2O2/c1-8-4-12(17)16(13(8)18)7-10-3-2-9(6-15)5-11(10)14/h2-3,5,8H,4,7H2,1H3. The molecule has 0 aliphatic carbocycles. The Kier molecular flexibility index (Phi) is 3.35. The number of rotatable bonds is 2. The van der Waals surface area contributed by atoms with Crippen LogP contribution in [0.3, 0.4) is 0 Å². The molecule has 18 heavy (non-hydrogen) atoms. The number of hydrogen-bond acceptors (Lipinski definition) is 3. The molecule has 2 rings (SSSR count). The number of imide groups is 1. The van der Waals surface area contributed by atoms with Gasteiger partial charge in [-0.05, 0) is 17.7 Å². The summed E-state index contributed by atoms with van der Waals surface area (Å²) in [5.74, 6) is -0.594. The Balaban J connectivity index is 2.23. The molecule has 1 unspecified atom stereocenters. The van der Waals surface area contributed by atoms with Crippen molar-refractivity contribution in [1.82, 2.24) is 4.90 Å². The number of halogens is 1. The van der Waals surface area contributed by atoms with Gasteiger partial charge in [0, 0.05) is 17.4 Å². The van der Waals surface area contributed by atoms with E-state index in [1.165, 1.54) is 11.0 Å². The van der Waals surface area contributed by atoms with Crippen LogP contribution in [-0.2, 0) is 16.1 Å². The average Bonchev–Trinajstić information content (AvgIpc) is 2.58. The molecular weight excluding hydrogens is 252 g/mol. The summed E-state index contributed by atoms with van der Waals surface area (Å²) in [5.41, 5.74) is 1.13. The first-order valence-corrected chi connectivity index (χ1v) is 5.93. The summed E-state index contributed by atoms with van der Waals surface area (Å²) in [4.78, 5) is 24.6. The monoisotopic (exact) mass is 262 g/mol. The molecule has 0 aromatic heterocycles. The second-order valence-corrected chi connectivity index (χ2v) is 4.75. The molecule has 0 bridgehead atoms. The van der Waals surface area contributed by atoms with E-state index in [4.69, 9.17) is 16.9 Å². The lowest BCUT2D eigenvalue weighted by Crippen LogP contribution is -2.29. The van der Waals surface area contributed by atoms with Crippen LogP contribution in [0.2, 0.25) is 5.02 Å². The van der Waals surface area contributed by atoms with Crippen molar-refractivity contribution in [3.05, 3.63) is 34.3 Å². The van der Waals surface area contributed by atoms with Gasteiger partial charge in [-0.1, -0.05) is 24.6 Å². The maximum absolute atomic E-state index is 11.8. The fraction of sp³-hybridized carbons (Fsp3) is 0.308. The van der Waals surface area contributed by atoms with Crippen LogP contribution in [0.4, 0.5) is 0 Å². The molecular formula is C13H11ClN2O2. The maximum atomic E-state index is 11.8. The topological polar surface area (TPSA) is 61.2 Å². The molecule has 2 amide bonds. The van der Waals surface area contributed by atoms with Crippen LogP contribution in [0, 0.1) is 17.2 Å². The minimum atomic E-state index is -0.255. The van der Waals surface area contributed by atoms with Gasteiger partial charge in [0.25, 0.3) is 0 Å². The van der Waals surface area contributed by atoms with E-state index in [0.717, 1.165) is 0 Å². The highest BCUT2D eigenvalue weighted by atomic mass is 35.5. The van der Waals surface area contributed by atoms with Crippen molar-refractivity contribution in [1.29, 1.82) is 5.26 Å². The number of amides is 2. The molecule has 1 aromatic carbocycles. The van der Waals surface area contributed by atoms with Gasteiger partial charge in [0.05, 0.1) is 18.2 Å². The second-order valence-electron chi connectivity index (χ2n) is 4.34. The Labute approximate surface area is 110 Å². The number of likely N-dealkylation sites (tertiary alicyclic amines) is 1. The molecule has 0 spiro atoms. The average molecular weight is 263 g/mol. The Morgan fingerprint density at radius 3 is 2.72 bits per heavy atom. The lowest BCUT2D eigenvalue weighted by atomic mass is 10.1. The predicted molar refractivity (Wildman–Crippen MR) is 65.5 cm³/mol. The van der Waals surface area contributed by atoms with Crippen LogP contribution in [-0.4, -0.2) is 16.7 Å². The zero-order chi connectivity index (χ0) is 13.3. The van der Waals surface area contributed by atoms with E-state index >= 15 is 0 Å². The molecule has 0 saturated carbocycles. The highest BCUT2D eigenvalue weighted by Crippen LogP contribution is 2.24. The lowest BCUT2D eigenvalue weighted by Gasteiger charge is -2.15. The quantitative estimate of drug-likeness (QED) is 0.767. The summed E-state index contributed by atoms with van der Waals surface area (Å²) in [7, 11) is 0. The van der Waals surface area contributed by atoms with E-state index < -0.39 is 0 Å². The largest absolute Gasteiger partial charge is 0.278 e. The molecule has 1 heterocycles. The number of carbonyl (C=O) groups is 2. The molecule has 1 aliphatic rings. The molecule has 92 valence electrons. The van der Waals surface area contributed by atoms with E-state index in [9.17, 15) is 9.59 Å². The van der Waals surface area contributed by atoms with Crippen LogP contribution >= 0.6 is 11.6 Å². The Morgan fingerprint density at radius 2 is 2.22 bits per heavy atom. The zero-order valence-corrected chi connectivity index (χ0v) is 10.6. The van der Waals surface area contributed by atoms with Gasteiger partial charge in [-0.25, -0.2) is 0 Å². The van der Waals surface area contributed by atoms with Gasteiger partial charge in [-0.15, -0.1) is 0 Å². The fourth-order valence-electron chi connectivity index (χ4n) is 1.93. The van der Waals surface area contributed by atoms with E-state index in [2.05, 4.69) is 0 Å². The van der Waals surface area contributed by atoms with E-state index in [1.54, 1.807) is 19.1 Å². The van der Waals surface area contributed by atoms with Crippen LogP contribution in [0.1, 0.15) is 24.5 Å². The van der Waals surface area contributed by atoms with Crippen molar-refractivity contribution >= 4 is 23.4 Å². The first kappa shape index (κ1) is 12.6. The number of benzene rings is 1. The first-order valence-electron chi connectivity index (χ1n) is 5.55. The molecule has 5 heteroatoms. The van der Waals surface area contributed by atoms with Gasteiger partial charge in [0.2, 0.25) is 11.8 Å². The van der Waals surface area contributed by atoms with Crippen LogP contribution in [0.25, 0.3) is 0 Å². The summed E-state index contributed by atoms with van der Waals surface area (Å²) < 4.78 is 0. The third-order valence-corrected chi connectivity index (χ3v) is 3.33. The molecule has 1 aromatic rings. The van der Waals surface area contributed by atoms with E-state index in [1.807, 2.05) is 6.07 Å². The van der Waals surface area contributed by atoms with Crippen molar-refractivity contribution in [3.8, 4) is 6.07 Å². The van der Waals surface area contributed by atoms with E-state index in [-0.39, 0.29) is 30.7 Å². The van der Waals surface area contributed by atoms with Gasteiger partial charge >= 0.3 is 0 Å². The van der Waals surface area contributed by atoms with Crippen molar-refractivity contribution < 1.29 is 9.59 Å². The van der Waals surface area contributed by atoms with E-state index in [0.29, 0.717) is 16.1 Å². The van der Waals surface area contributed by atoms with Gasteiger partial charge in [-0.3, -0.25) is 14.5 Å². The Hall–Kier alpha value is -1.86. The van der Waals surface area contributed by atoms with Gasteiger partial charge < -0.3 is 0 Å². The lowest BCUT2D eigenvalue weighted by molar-refractivity contribution is -0.139. The Morgan fingerprint density at radius 1 is 1.50 bits per heavy atom. The first-order chi connectivity index (χ1) is 8.52. The van der Waals surface area contributed by atoms with Crippen molar-refractivity contribution in [2.45, 2.75) is 19.9 Å². The number of nitrogens with zero attached hydrogens (tertiary/aromatic N) is 2. The second kappa shape index (κ2) is 4.79. The smallest absolute Gasteiger partial charge is 0.232 e.